The van der Waals surface area contributed by atoms with Gasteiger partial charge in [0.1, 0.15) is 0 Å². The van der Waals surface area contributed by atoms with Gasteiger partial charge in [0.15, 0.2) is 0 Å². The Labute approximate surface area is 163 Å². The molecule has 0 aliphatic carbocycles. The third-order valence-electron chi connectivity index (χ3n) is 5.15. The van der Waals surface area contributed by atoms with E-state index >= 15 is 0 Å². The minimum atomic E-state index is -0.653. The van der Waals surface area contributed by atoms with Crippen molar-refractivity contribution in [3.63, 3.8) is 0 Å². The molecule has 0 aliphatic rings. The molecule has 0 radical (unpaired) electrons. The van der Waals surface area contributed by atoms with E-state index in [1.54, 1.807) is 0 Å². The van der Waals surface area contributed by atoms with E-state index in [2.05, 4.69) is 19.1 Å². The largest absolute Gasteiger partial charge is 0.481 e. The fourth-order valence-corrected chi connectivity index (χ4v) is 3.39. The van der Waals surface area contributed by atoms with Crippen LogP contribution in [0.5, 0.6) is 0 Å². The summed E-state index contributed by atoms with van der Waals surface area (Å²) < 4.78 is 0. The number of hydrogen-bond donors (Lipinski definition) is 1. The van der Waals surface area contributed by atoms with Crippen molar-refractivity contribution < 1.29 is 9.90 Å². The molecule has 0 aromatic heterocycles. The SMILES string of the molecule is CCCC/C=C\CCCCCCCCCCCCCCCCCC(=O)O. The summed E-state index contributed by atoms with van der Waals surface area (Å²) in [7, 11) is 0. The van der Waals surface area contributed by atoms with E-state index in [-0.39, 0.29) is 0 Å². The number of hydrogen-bond acceptors (Lipinski definition) is 1. The summed E-state index contributed by atoms with van der Waals surface area (Å²) >= 11 is 0. The van der Waals surface area contributed by atoms with E-state index in [9.17, 15) is 4.79 Å². The highest BCUT2D eigenvalue weighted by Gasteiger charge is 1.97. The van der Waals surface area contributed by atoms with Crippen LogP contribution in [0.25, 0.3) is 0 Å². The molecule has 26 heavy (non-hydrogen) atoms. The Kier molecular flexibility index (Phi) is 21.6. The maximum atomic E-state index is 10.4. The Morgan fingerprint density at radius 3 is 1.31 bits per heavy atom. The highest BCUT2D eigenvalue weighted by molar-refractivity contribution is 5.66. The summed E-state index contributed by atoms with van der Waals surface area (Å²) in [6, 6.07) is 0. The Morgan fingerprint density at radius 1 is 0.577 bits per heavy atom. The maximum absolute atomic E-state index is 10.4. The molecule has 0 aliphatic heterocycles. The lowest BCUT2D eigenvalue weighted by Crippen LogP contribution is -1.93. The van der Waals surface area contributed by atoms with E-state index in [4.69, 9.17) is 5.11 Å². The monoisotopic (exact) mass is 366 g/mol. The smallest absolute Gasteiger partial charge is 0.303 e. The normalized spacial score (nSPS) is 11.4. The number of carbonyl (C=O) groups is 1. The molecular formula is C24H46O2. The van der Waals surface area contributed by atoms with Crippen LogP contribution < -0.4 is 0 Å². The lowest BCUT2D eigenvalue weighted by molar-refractivity contribution is -0.137. The number of carboxylic acids is 1. The van der Waals surface area contributed by atoms with Crippen LogP contribution >= 0.6 is 0 Å². The van der Waals surface area contributed by atoms with Crippen LogP contribution in [0.4, 0.5) is 0 Å². The van der Waals surface area contributed by atoms with Crippen LogP contribution in [0, 0.1) is 0 Å². The van der Waals surface area contributed by atoms with Crippen molar-refractivity contribution in [3.8, 4) is 0 Å². The highest BCUT2D eigenvalue weighted by atomic mass is 16.4. The lowest BCUT2D eigenvalue weighted by Gasteiger charge is -2.03. The zero-order valence-corrected chi connectivity index (χ0v) is 17.7. The van der Waals surface area contributed by atoms with Gasteiger partial charge in [-0.2, -0.15) is 0 Å². The van der Waals surface area contributed by atoms with Crippen LogP contribution in [-0.4, -0.2) is 11.1 Å². The number of allylic oxidation sites excluding steroid dienone is 2. The molecule has 154 valence electrons. The van der Waals surface area contributed by atoms with Crippen molar-refractivity contribution in [2.24, 2.45) is 0 Å². The average Bonchev–Trinajstić information content (AvgIpc) is 2.62. The molecule has 2 nitrogen and oxygen atoms in total. The van der Waals surface area contributed by atoms with Crippen LogP contribution in [-0.2, 0) is 4.79 Å². The second-order valence-corrected chi connectivity index (χ2v) is 7.85. The van der Waals surface area contributed by atoms with Crippen LogP contribution in [0.1, 0.15) is 135 Å². The van der Waals surface area contributed by atoms with Crippen LogP contribution in [0.2, 0.25) is 0 Å². The third kappa shape index (κ3) is 23.2. The Morgan fingerprint density at radius 2 is 0.923 bits per heavy atom. The molecule has 0 aromatic rings. The van der Waals surface area contributed by atoms with Gasteiger partial charge >= 0.3 is 5.97 Å². The first-order valence-corrected chi connectivity index (χ1v) is 11.6. The summed E-state index contributed by atoms with van der Waals surface area (Å²) in [4.78, 5) is 10.4. The molecule has 0 unspecified atom stereocenters. The quantitative estimate of drug-likeness (QED) is 0.163. The first-order valence-electron chi connectivity index (χ1n) is 11.6. The number of rotatable bonds is 21. The molecule has 0 amide bonds. The number of carboxylic acid groups (broad SMARTS) is 1. The van der Waals surface area contributed by atoms with Crippen molar-refractivity contribution in [1.82, 2.24) is 0 Å². The van der Waals surface area contributed by atoms with Crippen molar-refractivity contribution >= 4 is 5.97 Å². The van der Waals surface area contributed by atoms with Crippen LogP contribution in [0.15, 0.2) is 12.2 Å². The second kappa shape index (κ2) is 22.3. The van der Waals surface area contributed by atoms with E-state index < -0.39 is 5.97 Å². The molecule has 0 heterocycles. The van der Waals surface area contributed by atoms with Gasteiger partial charge in [0.25, 0.3) is 0 Å². The minimum Gasteiger partial charge on any atom is -0.481 e. The summed E-state index contributed by atoms with van der Waals surface area (Å²) in [6.45, 7) is 2.25. The molecule has 0 aromatic carbocycles. The molecular weight excluding hydrogens is 320 g/mol. The second-order valence-electron chi connectivity index (χ2n) is 7.85. The van der Waals surface area contributed by atoms with E-state index in [0.717, 1.165) is 12.8 Å². The molecule has 0 fully saturated rings. The molecule has 1 N–H and O–H groups in total. The zero-order chi connectivity index (χ0) is 19.1. The number of aliphatic carboxylic acids is 1. The van der Waals surface area contributed by atoms with Crippen molar-refractivity contribution in [2.75, 3.05) is 0 Å². The molecule has 0 rings (SSSR count). The van der Waals surface area contributed by atoms with Gasteiger partial charge in [-0.1, -0.05) is 115 Å². The summed E-state index contributed by atoms with van der Waals surface area (Å²) in [5.41, 5.74) is 0. The van der Waals surface area contributed by atoms with Gasteiger partial charge in [-0.3, -0.25) is 4.79 Å². The first kappa shape index (κ1) is 25.2. The fourth-order valence-electron chi connectivity index (χ4n) is 3.39. The standard InChI is InChI=1S/C24H46O2/c1-2-3-4-5-6-7-8-9-10-11-12-13-14-15-16-17-18-19-20-21-22-23-24(25)26/h5-6H,2-4,7-23H2,1H3,(H,25,26)/b6-5-. The van der Waals surface area contributed by atoms with Gasteiger partial charge in [0, 0.05) is 6.42 Å². The lowest BCUT2D eigenvalue weighted by atomic mass is 10.0. The summed E-state index contributed by atoms with van der Waals surface area (Å²) in [6.07, 6.45) is 30.1. The zero-order valence-electron chi connectivity index (χ0n) is 17.7. The number of unbranched alkanes of at least 4 members (excludes halogenated alkanes) is 17. The topological polar surface area (TPSA) is 37.3 Å². The van der Waals surface area contributed by atoms with Gasteiger partial charge in [-0.25, -0.2) is 0 Å². The summed E-state index contributed by atoms with van der Waals surface area (Å²) in [5.74, 6) is -0.653. The average molecular weight is 367 g/mol. The molecule has 0 bridgehead atoms. The van der Waals surface area contributed by atoms with Gasteiger partial charge in [-0.05, 0) is 25.7 Å². The summed E-state index contributed by atoms with van der Waals surface area (Å²) in [5, 5.41) is 8.57. The van der Waals surface area contributed by atoms with E-state index in [1.165, 1.54) is 109 Å². The van der Waals surface area contributed by atoms with Crippen LogP contribution in [0.3, 0.4) is 0 Å². The molecule has 0 spiro atoms. The fraction of sp³-hybridized carbons (Fsp3) is 0.875. The van der Waals surface area contributed by atoms with E-state index in [0.29, 0.717) is 6.42 Å². The molecule has 0 saturated heterocycles. The van der Waals surface area contributed by atoms with Gasteiger partial charge in [0.05, 0.1) is 0 Å². The maximum Gasteiger partial charge on any atom is 0.303 e. The first-order chi connectivity index (χ1) is 12.8. The van der Waals surface area contributed by atoms with Gasteiger partial charge in [-0.15, -0.1) is 0 Å². The predicted molar refractivity (Wildman–Crippen MR) is 115 cm³/mol. The molecule has 0 saturated carbocycles. The highest BCUT2D eigenvalue weighted by Crippen LogP contribution is 2.14. The van der Waals surface area contributed by atoms with Gasteiger partial charge < -0.3 is 5.11 Å². The van der Waals surface area contributed by atoms with Gasteiger partial charge in [0.2, 0.25) is 0 Å². The predicted octanol–water partition coefficient (Wildman–Crippen LogP) is 8.45. The Balaban J connectivity index is 3.03. The molecule has 2 heteroatoms. The Hall–Kier alpha value is -0.790. The van der Waals surface area contributed by atoms with Crippen molar-refractivity contribution in [3.05, 3.63) is 12.2 Å². The molecule has 0 atom stereocenters. The third-order valence-corrected chi connectivity index (χ3v) is 5.15. The Bertz CT molecular complexity index is 309. The van der Waals surface area contributed by atoms with Crippen molar-refractivity contribution in [2.45, 2.75) is 135 Å². The van der Waals surface area contributed by atoms with Crippen molar-refractivity contribution in [1.29, 1.82) is 0 Å². The van der Waals surface area contributed by atoms with E-state index in [1.807, 2.05) is 0 Å². The minimum absolute atomic E-state index is 0.343.